The predicted octanol–water partition coefficient (Wildman–Crippen LogP) is 19.1. The van der Waals surface area contributed by atoms with Crippen LogP contribution in [0.2, 0.25) is 0 Å². The van der Waals surface area contributed by atoms with Gasteiger partial charge in [-0.15, -0.1) is 0 Å². The molecule has 14 rings (SSSR count). The summed E-state index contributed by atoms with van der Waals surface area (Å²) in [5, 5.41) is 9.16. The fourth-order valence-corrected chi connectivity index (χ4v) is 15.8. The zero-order chi connectivity index (χ0) is 67.2. The number of imide groups is 3. The summed E-state index contributed by atoms with van der Waals surface area (Å²) in [6.45, 7) is 12.5. The first-order valence-electron chi connectivity index (χ1n) is 35.3. The highest BCUT2D eigenvalue weighted by atomic mass is 16.2. The van der Waals surface area contributed by atoms with Gasteiger partial charge in [0, 0.05) is 103 Å². The molecule has 0 saturated heterocycles. The molecule has 3 aliphatic rings. The minimum absolute atomic E-state index is 0.282. The number of nitrogens with two attached hydrogens (primary N) is 1. The van der Waals surface area contributed by atoms with Crippen LogP contribution in [0.25, 0.3) is 64.6 Å². The Morgan fingerprint density at radius 2 is 0.649 bits per heavy atom. The van der Waals surface area contributed by atoms with Gasteiger partial charge in [0.2, 0.25) is 5.91 Å². The Kier molecular flexibility index (Phi) is 17.9. The third-order valence-electron chi connectivity index (χ3n) is 20.7. The van der Waals surface area contributed by atoms with E-state index in [1.807, 2.05) is 91.0 Å². The van der Waals surface area contributed by atoms with Crippen molar-refractivity contribution in [3.8, 4) is 0 Å². The second-order valence-electron chi connectivity index (χ2n) is 26.8. The molecule has 0 bridgehead atoms. The Labute approximate surface area is 566 Å². The summed E-state index contributed by atoms with van der Waals surface area (Å²) in [5.41, 5.74) is 14.0. The van der Waals surface area contributed by atoms with Gasteiger partial charge >= 0.3 is 0 Å². The topological polar surface area (TPSA) is 162 Å². The van der Waals surface area contributed by atoms with E-state index in [0.29, 0.717) is 78.3 Å². The van der Waals surface area contributed by atoms with Gasteiger partial charge in [-0.1, -0.05) is 171 Å². The van der Waals surface area contributed by atoms with E-state index in [1.165, 1.54) is 35.5 Å². The SMILES string of the molecule is CCCCCCN(CCCCCC)c1ccc2c3c(cccc13)C(=O)N(c1ccc(Cc3ccc4c5ccc6c7c(ccc(c8ccc(C(N)=O)c3c48)c75)C(=O)N(c3ccc(N4C(=O)c5cccc7c(N(CCCCCC)CCCCCC)ccc(c57)C4=O)cc3)C6=O)cc1)C2=O. The van der Waals surface area contributed by atoms with E-state index in [2.05, 4.69) is 43.6 Å². The van der Waals surface area contributed by atoms with Gasteiger partial charge in [0.15, 0.2) is 0 Å². The lowest BCUT2D eigenvalue weighted by Crippen LogP contribution is -2.41. The maximum absolute atomic E-state index is 14.9. The van der Waals surface area contributed by atoms with Crippen molar-refractivity contribution in [2.75, 3.05) is 50.7 Å². The maximum atomic E-state index is 14.9. The van der Waals surface area contributed by atoms with Crippen LogP contribution >= 0.6 is 0 Å². The number of carbonyl (C=O) groups is 7. The third-order valence-corrected chi connectivity index (χ3v) is 20.7. The van der Waals surface area contributed by atoms with Gasteiger partial charge < -0.3 is 15.5 Å². The molecule has 0 spiro atoms. The lowest BCUT2D eigenvalue weighted by molar-refractivity contribution is 0.0877. The number of hydrogen-bond acceptors (Lipinski definition) is 9. The number of primary amides is 1. The van der Waals surface area contributed by atoms with E-state index in [9.17, 15) is 33.6 Å². The van der Waals surface area contributed by atoms with Crippen molar-refractivity contribution in [3.63, 3.8) is 0 Å². The van der Waals surface area contributed by atoms with Crippen LogP contribution in [0.5, 0.6) is 0 Å². The second kappa shape index (κ2) is 27.1. The first-order valence-corrected chi connectivity index (χ1v) is 35.3. The zero-order valence-corrected chi connectivity index (χ0v) is 56.0. The molecule has 3 heterocycles. The van der Waals surface area contributed by atoms with Gasteiger partial charge in [-0.2, -0.15) is 0 Å². The van der Waals surface area contributed by atoms with Crippen molar-refractivity contribution < 1.29 is 33.6 Å². The minimum atomic E-state index is -0.592. The Morgan fingerprint density at radius 1 is 0.320 bits per heavy atom. The molecule has 97 heavy (non-hydrogen) atoms. The number of rotatable bonds is 28. The summed E-state index contributed by atoms with van der Waals surface area (Å²) >= 11 is 0. The average Bonchev–Trinajstić information content (AvgIpc) is 0.701. The molecule has 11 aromatic carbocycles. The second-order valence-corrected chi connectivity index (χ2v) is 26.8. The van der Waals surface area contributed by atoms with Crippen LogP contribution in [0, 0.1) is 0 Å². The van der Waals surface area contributed by atoms with Gasteiger partial charge in [0.1, 0.15) is 0 Å². The summed E-state index contributed by atoms with van der Waals surface area (Å²) < 4.78 is 0. The summed E-state index contributed by atoms with van der Waals surface area (Å²) in [4.78, 5) is 110. The normalized spacial score (nSPS) is 13.8. The van der Waals surface area contributed by atoms with Crippen molar-refractivity contribution in [2.24, 2.45) is 5.73 Å². The molecule has 0 radical (unpaired) electrons. The number of anilines is 5. The molecule has 0 fully saturated rings. The fourth-order valence-electron chi connectivity index (χ4n) is 15.8. The van der Waals surface area contributed by atoms with Crippen molar-refractivity contribution in [1.29, 1.82) is 0 Å². The number of benzene rings is 11. The quantitative estimate of drug-likeness (QED) is 0.0218. The Bertz CT molecular complexity index is 4860. The molecule has 490 valence electrons. The van der Waals surface area contributed by atoms with Crippen LogP contribution in [-0.2, 0) is 6.42 Å². The van der Waals surface area contributed by atoms with Crippen LogP contribution in [-0.4, -0.2) is 67.5 Å². The Morgan fingerprint density at radius 3 is 1.03 bits per heavy atom. The summed E-state index contributed by atoms with van der Waals surface area (Å²) in [6.07, 6.45) is 18.6. The summed E-state index contributed by atoms with van der Waals surface area (Å²) in [6, 6.07) is 48.2. The molecule has 7 amide bonds. The van der Waals surface area contributed by atoms with Crippen molar-refractivity contribution >= 4 is 134 Å². The smallest absolute Gasteiger partial charge is 0.265 e. The molecular formula is C84H82N6O7. The van der Waals surface area contributed by atoms with Gasteiger partial charge in [-0.25, -0.2) is 14.7 Å². The number of amides is 7. The number of fused-ring (bicyclic) bond motifs is 2. The predicted molar refractivity (Wildman–Crippen MR) is 394 cm³/mol. The maximum Gasteiger partial charge on any atom is 0.265 e. The van der Waals surface area contributed by atoms with Crippen LogP contribution < -0.4 is 30.2 Å². The van der Waals surface area contributed by atoms with Crippen molar-refractivity contribution in [2.45, 2.75) is 137 Å². The van der Waals surface area contributed by atoms with E-state index in [0.717, 1.165) is 174 Å². The first kappa shape index (κ1) is 64.1. The number of hydrogen-bond donors (Lipinski definition) is 1. The molecule has 0 aromatic heterocycles. The molecule has 2 N–H and O–H groups in total. The Balaban J connectivity index is 0.733. The van der Waals surface area contributed by atoms with E-state index >= 15 is 0 Å². The molecule has 13 heteroatoms. The van der Waals surface area contributed by atoms with E-state index < -0.39 is 29.5 Å². The highest BCUT2D eigenvalue weighted by molar-refractivity contribution is 6.43. The van der Waals surface area contributed by atoms with Crippen LogP contribution in [0.4, 0.5) is 28.4 Å². The molecule has 11 aromatic rings. The molecule has 3 aliphatic heterocycles. The van der Waals surface area contributed by atoms with Gasteiger partial charge in [-0.05, 0) is 172 Å². The molecule has 0 saturated carbocycles. The van der Waals surface area contributed by atoms with Crippen molar-refractivity contribution in [3.05, 3.63) is 208 Å². The van der Waals surface area contributed by atoms with E-state index in [-0.39, 0.29) is 17.5 Å². The summed E-state index contributed by atoms with van der Waals surface area (Å²) in [7, 11) is 0. The Hall–Kier alpha value is -10.3. The lowest BCUT2D eigenvalue weighted by Gasteiger charge is -2.31. The largest absolute Gasteiger partial charge is 0.371 e. The highest BCUT2D eigenvalue weighted by Crippen LogP contribution is 2.47. The number of nitrogens with zero attached hydrogens (tertiary/aromatic N) is 5. The summed E-state index contributed by atoms with van der Waals surface area (Å²) in [5.74, 6) is -3.25. The zero-order valence-electron chi connectivity index (χ0n) is 56.0. The highest BCUT2D eigenvalue weighted by Gasteiger charge is 2.39. The molecule has 0 atom stereocenters. The van der Waals surface area contributed by atoms with Crippen LogP contribution in [0.3, 0.4) is 0 Å². The molecular weight excluding hydrogens is 1200 g/mol. The van der Waals surface area contributed by atoms with Gasteiger partial charge in [0.25, 0.3) is 35.4 Å². The molecule has 0 unspecified atom stereocenters. The average molecular weight is 1290 g/mol. The minimum Gasteiger partial charge on any atom is -0.371 e. The fraction of sp³-hybridized carbons (Fsp3) is 0.298. The third kappa shape index (κ3) is 11.2. The van der Waals surface area contributed by atoms with Crippen LogP contribution in [0.15, 0.2) is 158 Å². The lowest BCUT2D eigenvalue weighted by atomic mass is 9.82. The monoisotopic (exact) mass is 1290 g/mol. The molecule has 13 nitrogen and oxygen atoms in total. The van der Waals surface area contributed by atoms with Gasteiger partial charge in [0.05, 0.1) is 17.1 Å². The molecule has 0 aliphatic carbocycles. The number of carbonyl (C=O) groups excluding carboxylic acids is 7. The van der Waals surface area contributed by atoms with E-state index in [4.69, 9.17) is 5.73 Å². The standard InChI is InChI=1S/C84H82N6O7/c1-5-9-13-17-47-86(48-18-14-10-6-2)70-45-43-66-73-61(70)23-21-25-64(73)79(92)88(81(66)94)54-30-27-52(28-31-54)51-53-29-36-57-59-38-41-68-77-69(42-39-60(76(59)77)58-37-40-63(78(85)91)72(53)75(57)58)84(97)90(83(68)96)56-34-32-55(33-35-56)89-80(93)65-26-22-24-62-71(46-44-67(74(62)65)82(89)95)87(49-19-15-11-7-3)50-20-16-12-8-4/h21-46H,5-20,47-51H2,1-4H3,(H2,85,91). The van der Waals surface area contributed by atoms with Gasteiger partial charge in [-0.3, -0.25) is 33.6 Å². The van der Waals surface area contributed by atoms with E-state index in [1.54, 1.807) is 60.7 Å². The van der Waals surface area contributed by atoms with Crippen molar-refractivity contribution in [1.82, 2.24) is 0 Å². The number of unbranched alkanes of at least 4 members (excludes halogenated alkanes) is 12. The van der Waals surface area contributed by atoms with Crippen LogP contribution in [0.1, 0.15) is 214 Å². The first-order chi connectivity index (χ1) is 47.4.